The van der Waals surface area contributed by atoms with Crippen molar-refractivity contribution in [1.82, 2.24) is 15.2 Å². The van der Waals surface area contributed by atoms with Crippen molar-refractivity contribution in [2.45, 2.75) is 44.6 Å². The van der Waals surface area contributed by atoms with Gasteiger partial charge in [0, 0.05) is 18.0 Å². The number of H-pyrrole nitrogens is 1. The number of hydrogen-bond donors (Lipinski definition) is 2. The minimum atomic E-state index is 0.568. The summed E-state index contributed by atoms with van der Waals surface area (Å²) in [6, 6.07) is 8.14. The molecule has 1 saturated carbocycles. The van der Waals surface area contributed by atoms with Crippen molar-refractivity contribution in [3.05, 3.63) is 35.7 Å². The van der Waals surface area contributed by atoms with E-state index in [1.807, 2.05) is 24.3 Å². The molecular formula is C15H20N4. The Bertz CT molecular complexity index is 523. The fourth-order valence-corrected chi connectivity index (χ4v) is 2.75. The summed E-state index contributed by atoms with van der Waals surface area (Å²) in [5.74, 6) is 2.42. The lowest BCUT2D eigenvalue weighted by atomic mass is 9.89. The number of hydrogen-bond acceptors (Lipinski definition) is 3. The van der Waals surface area contributed by atoms with Crippen LogP contribution >= 0.6 is 0 Å². The van der Waals surface area contributed by atoms with Gasteiger partial charge in [0.25, 0.3) is 0 Å². The molecule has 1 aromatic carbocycles. The zero-order valence-electron chi connectivity index (χ0n) is 11.1. The number of nitrogens with zero attached hydrogens (tertiary/aromatic N) is 2. The average molecular weight is 256 g/mol. The molecule has 1 aromatic heterocycles. The van der Waals surface area contributed by atoms with E-state index in [9.17, 15) is 0 Å². The summed E-state index contributed by atoms with van der Waals surface area (Å²) in [7, 11) is 0. The van der Waals surface area contributed by atoms with Gasteiger partial charge in [-0.1, -0.05) is 43.5 Å². The maximum atomic E-state index is 5.60. The van der Waals surface area contributed by atoms with Crippen molar-refractivity contribution in [1.29, 1.82) is 0 Å². The molecule has 1 fully saturated rings. The van der Waals surface area contributed by atoms with E-state index >= 15 is 0 Å². The van der Waals surface area contributed by atoms with E-state index in [1.54, 1.807) is 0 Å². The van der Waals surface area contributed by atoms with Gasteiger partial charge in [0.2, 0.25) is 0 Å². The summed E-state index contributed by atoms with van der Waals surface area (Å²) < 4.78 is 0. The summed E-state index contributed by atoms with van der Waals surface area (Å²) in [4.78, 5) is 4.66. The first-order valence-electron chi connectivity index (χ1n) is 7.08. The van der Waals surface area contributed by atoms with Gasteiger partial charge in [-0.2, -0.15) is 5.10 Å². The van der Waals surface area contributed by atoms with E-state index in [0.717, 1.165) is 22.8 Å². The maximum absolute atomic E-state index is 5.60. The summed E-state index contributed by atoms with van der Waals surface area (Å²) in [6.07, 6.45) is 6.46. The van der Waals surface area contributed by atoms with Gasteiger partial charge < -0.3 is 5.73 Å². The summed E-state index contributed by atoms with van der Waals surface area (Å²) >= 11 is 0. The first-order valence-corrected chi connectivity index (χ1v) is 7.08. The molecule has 4 heteroatoms. The lowest BCUT2D eigenvalue weighted by Crippen LogP contribution is -2.06. The Balaban J connectivity index is 1.79. The quantitative estimate of drug-likeness (QED) is 0.887. The molecule has 1 aliphatic rings. The van der Waals surface area contributed by atoms with Crippen molar-refractivity contribution in [3.63, 3.8) is 0 Å². The number of aromatic amines is 1. The minimum absolute atomic E-state index is 0.568. The first kappa shape index (κ1) is 12.4. The van der Waals surface area contributed by atoms with Crippen LogP contribution in [-0.4, -0.2) is 15.2 Å². The van der Waals surface area contributed by atoms with Gasteiger partial charge in [0.1, 0.15) is 5.82 Å². The highest BCUT2D eigenvalue weighted by atomic mass is 15.2. The van der Waals surface area contributed by atoms with Gasteiger partial charge in [0.15, 0.2) is 5.82 Å². The summed E-state index contributed by atoms with van der Waals surface area (Å²) in [5, 5.41) is 7.47. The fourth-order valence-electron chi connectivity index (χ4n) is 2.75. The number of nitrogens with one attached hydrogen (secondary N) is 1. The Morgan fingerprint density at radius 1 is 1.11 bits per heavy atom. The molecule has 0 atom stereocenters. The average Bonchev–Trinajstić information content (AvgIpc) is 2.98. The second kappa shape index (κ2) is 5.53. The van der Waals surface area contributed by atoms with Crippen LogP contribution in [0.5, 0.6) is 0 Å². The number of aromatic nitrogens is 3. The van der Waals surface area contributed by atoms with E-state index in [0.29, 0.717) is 12.5 Å². The van der Waals surface area contributed by atoms with E-state index in [4.69, 9.17) is 5.73 Å². The predicted molar refractivity (Wildman–Crippen MR) is 75.5 cm³/mol. The Hall–Kier alpha value is -1.68. The third-order valence-electron chi connectivity index (χ3n) is 3.94. The summed E-state index contributed by atoms with van der Waals surface area (Å²) in [5.41, 5.74) is 7.79. The molecule has 3 N–H and O–H groups in total. The van der Waals surface area contributed by atoms with E-state index in [-0.39, 0.29) is 0 Å². The molecule has 1 aliphatic carbocycles. The van der Waals surface area contributed by atoms with Crippen molar-refractivity contribution in [2.24, 2.45) is 5.73 Å². The van der Waals surface area contributed by atoms with Crippen LogP contribution in [0.3, 0.4) is 0 Å². The van der Waals surface area contributed by atoms with Gasteiger partial charge >= 0.3 is 0 Å². The normalized spacial score (nSPS) is 16.7. The molecule has 0 bridgehead atoms. The lowest BCUT2D eigenvalue weighted by molar-refractivity contribution is 0.429. The molecule has 0 radical (unpaired) electrons. The van der Waals surface area contributed by atoms with Crippen LogP contribution in [0.2, 0.25) is 0 Å². The van der Waals surface area contributed by atoms with Crippen LogP contribution in [0.1, 0.15) is 49.4 Å². The Labute approximate surface area is 113 Å². The third kappa shape index (κ3) is 2.68. The molecule has 19 heavy (non-hydrogen) atoms. The Morgan fingerprint density at radius 3 is 2.53 bits per heavy atom. The second-order valence-corrected chi connectivity index (χ2v) is 5.28. The highest BCUT2D eigenvalue weighted by molar-refractivity contribution is 5.55. The molecule has 0 amide bonds. The van der Waals surface area contributed by atoms with Crippen molar-refractivity contribution in [2.75, 3.05) is 0 Å². The topological polar surface area (TPSA) is 67.6 Å². The van der Waals surface area contributed by atoms with Crippen LogP contribution in [0.15, 0.2) is 24.3 Å². The molecule has 0 spiro atoms. The Morgan fingerprint density at radius 2 is 1.84 bits per heavy atom. The lowest BCUT2D eigenvalue weighted by Gasteiger charge is -2.18. The standard InChI is InChI=1S/C15H20N4/c16-10-11-6-8-13(9-7-11)15-17-14(18-19-15)12-4-2-1-3-5-12/h6-9,12H,1-5,10,16H2,(H,17,18,19). The second-order valence-electron chi connectivity index (χ2n) is 5.28. The minimum Gasteiger partial charge on any atom is -0.326 e. The molecule has 3 rings (SSSR count). The smallest absolute Gasteiger partial charge is 0.181 e. The fraction of sp³-hybridized carbons (Fsp3) is 0.467. The monoisotopic (exact) mass is 256 g/mol. The van der Waals surface area contributed by atoms with Gasteiger partial charge in [-0.3, -0.25) is 5.10 Å². The predicted octanol–water partition coefficient (Wildman–Crippen LogP) is 2.98. The van der Waals surface area contributed by atoms with Crippen molar-refractivity contribution in [3.8, 4) is 11.4 Å². The van der Waals surface area contributed by atoms with Crippen LogP contribution < -0.4 is 5.73 Å². The Kier molecular flexibility index (Phi) is 3.60. The van der Waals surface area contributed by atoms with Crippen LogP contribution in [0.4, 0.5) is 0 Å². The van der Waals surface area contributed by atoms with Crippen LogP contribution in [0, 0.1) is 0 Å². The molecule has 0 aliphatic heterocycles. The molecule has 0 unspecified atom stereocenters. The van der Waals surface area contributed by atoms with Gasteiger partial charge in [-0.25, -0.2) is 4.98 Å². The number of benzene rings is 1. The van der Waals surface area contributed by atoms with Crippen LogP contribution in [0.25, 0.3) is 11.4 Å². The zero-order chi connectivity index (χ0) is 13.1. The van der Waals surface area contributed by atoms with Gasteiger partial charge in [0.05, 0.1) is 0 Å². The number of rotatable bonds is 3. The molecule has 1 heterocycles. The third-order valence-corrected chi connectivity index (χ3v) is 3.94. The van der Waals surface area contributed by atoms with E-state index in [1.165, 1.54) is 32.1 Å². The van der Waals surface area contributed by atoms with Crippen molar-refractivity contribution < 1.29 is 0 Å². The molecule has 2 aromatic rings. The number of nitrogens with two attached hydrogens (primary N) is 1. The molecule has 100 valence electrons. The summed E-state index contributed by atoms with van der Waals surface area (Å²) in [6.45, 7) is 0.571. The largest absolute Gasteiger partial charge is 0.326 e. The van der Waals surface area contributed by atoms with Gasteiger partial charge in [-0.05, 0) is 18.4 Å². The van der Waals surface area contributed by atoms with Crippen LogP contribution in [-0.2, 0) is 6.54 Å². The highest BCUT2D eigenvalue weighted by Gasteiger charge is 2.19. The van der Waals surface area contributed by atoms with E-state index in [2.05, 4.69) is 15.2 Å². The first-order chi connectivity index (χ1) is 9.36. The van der Waals surface area contributed by atoms with E-state index < -0.39 is 0 Å². The van der Waals surface area contributed by atoms with Gasteiger partial charge in [-0.15, -0.1) is 0 Å². The maximum Gasteiger partial charge on any atom is 0.181 e. The van der Waals surface area contributed by atoms with Crippen molar-refractivity contribution >= 4 is 0 Å². The molecular weight excluding hydrogens is 236 g/mol. The zero-order valence-corrected chi connectivity index (χ0v) is 11.1. The molecule has 4 nitrogen and oxygen atoms in total. The highest BCUT2D eigenvalue weighted by Crippen LogP contribution is 2.31. The molecule has 0 saturated heterocycles. The SMILES string of the molecule is NCc1ccc(-c2n[nH]c(C3CCCCC3)n2)cc1.